The number of aromatic hydroxyl groups is 1. The third kappa shape index (κ3) is 6.62. The van der Waals surface area contributed by atoms with Crippen LogP contribution in [-0.2, 0) is 32.2 Å². The highest BCUT2D eigenvalue weighted by Crippen LogP contribution is 2.40. The SMILES string of the molecule is COC(=O)CCc1ccc(OC(=O)c2cc(C(C)(C)C)c(O)c(C(C)(C)C)c2)c(C(C)(C)C)c1. The number of ether oxygens (including phenoxy) is 2. The van der Waals surface area contributed by atoms with Crippen molar-refractivity contribution in [2.75, 3.05) is 7.11 Å². The van der Waals surface area contributed by atoms with E-state index in [9.17, 15) is 14.7 Å². The molecule has 2 aromatic rings. The lowest BCUT2D eigenvalue weighted by atomic mass is 9.78. The molecule has 5 heteroatoms. The standard InChI is InChI=1S/C29H40O5/c1-27(2,3)20-15-18(12-14-24(30)33-10)11-13-23(20)34-26(32)19-16-21(28(4,5)6)25(31)22(17-19)29(7,8)9/h11,13,15-17,31H,12,14H2,1-10H3. The molecule has 0 spiro atoms. The molecule has 186 valence electrons. The second-order valence-electron chi connectivity index (χ2n) is 12.0. The lowest BCUT2D eigenvalue weighted by Crippen LogP contribution is -2.21. The van der Waals surface area contributed by atoms with Gasteiger partial charge in [0.05, 0.1) is 12.7 Å². The number of aryl methyl sites for hydroxylation is 1. The smallest absolute Gasteiger partial charge is 0.343 e. The Bertz CT molecular complexity index is 1020. The predicted octanol–water partition coefficient (Wildman–Crippen LogP) is 6.61. The highest BCUT2D eigenvalue weighted by Gasteiger charge is 2.29. The van der Waals surface area contributed by atoms with Crippen molar-refractivity contribution < 1.29 is 24.2 Å². The van der Waals surface area contributed by atoms with E-state index in [2.05, 4.69) is 20.8 Å². The van der Waals surface area contributed by atoms with Crippen molar-refractivity contribution in [1.29, 1.82) is 0 Å². The molecule has 0 saturated heterocycles. The Hall–Kier alpha value is -2.82. The number of carbonyl (C=O) groups is 2. The van der Waals surface area contributed by atoms with Crippen molar-refractivity contribution in [3.05, 3.63) is 58.1 Å². The average molecular weight is 469 g/mol. The first-order valence-electron chi connectivity index (χ1n) is 11.8. The summed E-state index contributed by atoms with van der Waals surface area (Å²) in [5.41, 5.74) is 2.71. The van der Waals surface area contributed by atoms with Crippen molar-refractivity contribution in [3.8, 4) is 11.5 Å². The highest BCUT2D eigenvalue weighted by atomic mass is 16.5. The molecule has 0 aromatic heterocycles. The van der Waals surface area contributed by atoms with Gasteiger partial charge < -0.3 is 14.6 Å². The molecular weight excluding hydrogens is 428 g/mol. The zero-order valence-electron chi connectivity index (χ0n) is 22.4. The number of hydrogen-bond donors (Lipinski definition) is 1. The monoisotopic (exact) mass is 468 g/mol. The summed E-state index contributed by atoms with van der Waals surface area (Å²) in [4.78, 5) is 24.9. The van der Waals surface area contributed by atoms with E-state index in [0.717, 1.165) is 11.1 Å². The van der Waals surface area contributed by atoms with E-state index in [0.29, 0.717) is 28.9 Å². The van der Waals surface area contributed by atoms with Crippen LogP contribution >= 0.6 is 0 Å². The van der Waals surface area contributed by atoms with Gasteiger partial charge in [0.2, 0.25) is 0 Å². The highest BCUT2D eigenvalue weighted by molar-refractivity contribution is 5.92. The fourth-order valence-electron chi connectivity index (χ4n) is 3.81. The molecule has 0 fully saturated rings. The van der Waals surface area contributed by atoms with Gasteiger partial charge >= 0.3 is 11.9 Å². The molecule has 0 heterocycles. The van der Waals surface area contributed by atoms with E-state index in [-0.39, 0.29) is 34.4 Å². The Morgan fingerprint density at radius 1 is 0.794 bits per heavy atom. The Balaban J connectivity index is 2.49. The maximum atomic E-state index is 13.3. The minimum Gasteiger partial charge on any atom is -0.507 e. The van der Waals surface area contributed by atoms with Gasteiger partial charge in [-0.15, -0.1) is 0 Å². The molecule has 34 heavy (non-hydrogen) atoms. The Labute approximate surface area is 204 Å². The molecule has 5 nitrogen and oxygen atoms in total. The van der Waals surface area contributed by atoms with Crippen LogP contribution in [0.5, 0.6) is 11.5 Å². The summed E-state index contributed by atoms with van der Waals surface area (Å²) in [5, 5.41) is 11.0. The van der Waals surface area contributed by atoms with Gasteiger partial charge in [0.25, 0.3) is 0 Å². The molecule has 0 amide bonds. The van der Waals surface area contributed by atoms with Crippen LogP contribution in [0.1, 0.15) is 101 Å². The van der Waals surface area contributed by atoms with Gasteiger partial charge in [-0.25, -0.2) is 4.79 Å². The van der Waals surface area contributed by atoms with E-state index in [1.165, 1.54) is 7.11 Å². The number of benzene rings is 2. The maximum Gasteiger partial charge on any atom is 0.343 e. The molecule has 0 radical (unpaired) electrons. The lowest BCUT2D eigenvalue weighted by molar-refractivity contribution is -0.140. The van der Waals surface area contributed by atoms with Crippen molar-refractivity contribution in [2.24, 2.45) is 0 Å². The van der Waals surface area contributed by atoms with E-state index in [1.54, 1.807) is 18.2 Å². The first-order valence-corrected chi connectivity index (χ1v) is 11.8. The van der Waals surface area contributed by atoms with Gasteiger partial charge in [-0.3, -0.25) is 4.79 Å². The molecule has 2 rings (SSSR count). The molecule has 0 aliphatic rings. The summed E-state index contributed by atoms with van der Waals surface area (Å²) >= 11 is 0. The molecule has 2 aromatic carbocycles. The quantitative estimate of drug-likeness (QED) is 0.395. The number of methoxy groups -OCH3 is 1. The van der Waals surface area contributed by atoms with E-state index < -0.39 is 5.97 Å². The Morgan fingerprint density at radius 2 is 1.29 bits per heavy atom. The van der Waals surface area contributed by atoms with Gasteiger partial charge in [-0.05, 0) is 46.4 Å². The van der Waals surface area contributed by atoms with Gasteiger partial charge in [0.15, 0.2) is 0 Å². The normalized spacial score (nSPS) is 12.4. The Kier molecular flexibility index (Phi) is 7.91. The summed E-state index contributed by atoms with van der Waals surface area (Å²) in [6.07, 6.45) is 0.837. The first-order chi connectivity index (χ1) is 15.4. The van der Waals surface area contributed by atoms with E-state index in [1.807, 2.05) is 53.7 Å². The summed E-state index contributed by atoms with van der Waals surface area (Å²) < 4.78 is 10.7. The van der Waals surface area contributed by atoms with E-state index >= 15 is 0 Å². The van der Waals surface area contributed by atoms with E-state index in [4.69, 9.17) is 9.47 Å². The lowest BCUT2D eigenvalue weighted by Gasteiger charge is -2.28. The molecule has 1 N–H and O–H groups in total. The summed E-state index contributed by atoms with van der Waals surface area (Å²) in [6, 6.07) is 9.12. The zero-order valence-corrected chi connectivity index (χ0v) is 22.4. The number of esters is 2. The number of phenolic OH excluding ortho intramolecular Hbond substituents is 1. The van der Waals surface area contributed by atoms with Crippen LogP contribution in [0.15, 0.2) is 30.3 Å². The van der Waals surface area contributed by atoms with Crippen LogP contribution in [0.3, 0.4) is 0 Å². The zero-order chi connectivity index (χ0) is 26.1. The van der Waals surface area contributed by atoms with Gasteiger partial charge in [-0.2, -0.15) is 0 Å². The predicted molar refractivity (Wildman–Crippen MR) is 136 cm³/mol. The van der Waals surface area contributed by atoms with Crippen LogP contribution in [0, 0.1) is 0 Å². The van der Waals surface area contributed by atoms with Gasteiger partial charge in [0.1, 0.15) is 11.5 Å². The minimum absolute atomic E-state index is 0.224. The molecular formula is C29H40O5. The van der Waals surface area contributed by atoms with Crippen LogP contribution in [0.25, 0.3) is 0 Å². The summed E-state index contributed by atoms with van der Waals surface area (Å²) in [6.45, 7) is 18.2. The average Bonchev–Trinajstić information content (AvgIpc) is 2.70. The number of hydrogen-bond acceptors (Lipinski definition) is 5. The number of carbonyl (C=O) groups excluding carboxylic acids is 2. The Morgan fingerprint density at radius 3 is 1.74 bits per heavy atom. The molecule has 0 saturated carbocycles. The van der Waals surface area contributed by atoms with Crippen molar-refractivity contribution in [3.63, 3.8) is 0 Å². The molecule has 0 bridgehead atoms. The third-order valence-corrected chi connectivity index (χ3v) is 5.86. The van der Waals surface area contributed by atoms with Crippen LogP contribution in [0.4, 0.5) is 0 Å². The maximum absolute atomic E-state index is 13.3. The number of phenols is 1. The van der Waals surface area contributed by atoms with Gasteiger partial charge in [-0.1, -0.05) is 74.4 Å². The largest absolute Gasteiger partial charge is 0.507 e. The molecule has 0 aliphatic heterocycles. The minimum atomic E-state index is -0.469. The van der Waals surface area contributed by atoms with Crippen LogP contribution < -0.4 is 4.74 Å². The second-order valence-corrected chi connectivity index (χ2v) is 12.0. The summed E-state index contributed by atoms with van der Waals surface area (Å²) in [5.74, 6) is -0.0165. The third-order valence-electron chi connectivity index (χ3n) is 5.86. The number of rotatable bonds is 5. The second kappa shape index (κ2) is 9.81. The summed E-state index contributed by atoms with van der Waals surface area (Å²) in [7, 11) is 1.38. The van der Waals surface area contributed by atoms with Crippen molar-refractivity contribution >= 4 is 11.9 Å². The fraction of sp³-hybridized carbons (Fsp3) is 0.517. The van der Waals surface area contributed by atoms with Crippen molar-refractivity contribution in [1.82, 2.24) is 0 Å². The van der Waals surface area contributed by atoms with Crippen LogP contribution in [0.2, 0.25) is 0 Å². The molecule has 0 unspecified atom stereocenters. The van der Waals surface area contributed by atoms with Gasteiger partial charge in [0, 0.05) is 23.1 Å². The topological polar surface area (TPSA) is 72.8 Å². The van der Waals surface area contributed by atoms with Crippen LogP contribution in [-0.4, -0.2) is 24.2 Å². The van der Waals surface area contributed by atoms with Crippen molar-refractivity contribution in [2.45, 2.75) is 91.4 Å². The first kappa shape index (κ1) is 27.4. The molecule has 0 atom stereocenters. The fourth-order valence-corrected chi connectivity index (χ4v) is 3.81. The molecule has 0 aliphatic carbocycles.